The number of methoxy groups -OCH3 is 1. The molecule has 8 heteroatoms. The van der Waals surface area contributed by atoms with E-state index in [1.807, 2.05) is 17.1 Å². The van der Waals surface area contributed by atoms with Gasteiger partial charge >= 0.3 is 5.97 Å². The fourth-order valence-corrected chi connectivity index (χ4v) is 5.44. The lowest BCUT2D eigenvalue weighted by Gasteiger charge is -2.32. The van der Waals surface area contributed by atoms with Gasteiger partial charge in [-0.3, -0.25) is 15.1 Å². The van der Waals surface area contributed by atoms with Crippen molar-refractivity contribution in [3.63, 3.8) is 0 Å². The molecule has 32 heavy (non-hydrogen) atoms. The van der Waals surface area contributed by atoms with E-state index in [0.717, 1.165) is 60.2 Å². The van der Waals surface area contributed by atoms with Crippen LogP contribution in [0.25, 0.3) is 16.7 Å². The zero-order valence-electron chi connectivity index (χ0n) is 19.0. The number of esters is 1. The van der Waals surface area contributed by atoms with Gasteiger partial charge in [-0.1, -0.05) is 19.3 Å². The van der Waals surface area contributed by atoms with Crippen molar-refractivity contribution < 1.29 is 14.4 Å². The molecule has 2 aliphatic carbocycles. The number of hydrogen-bond acceptors (Lipinski definition) is 7. The summed E-state index contributed by atoms with van der Waals surface area (Å²) in [5.41, 5.74) is 6.76. The van der Waals surface area contributed by atoms with Crippen LogP contribution >= 0.6 is 0 Å². The maximum absolute atomic E-state index is 11.9. The lowest BCUT2D eigenvalue weighted by molar-refractivity contribution is -0.149. The average molecular weight is 440 g/mol. The van der Waals surface area contributed by atoms with E-state index >= 15 is 0 Å². The van der Waals surface area contributed by atoms with Crippen molar-refractivity contribution in [2.24, 2.45) is 5.92 Å². The number of aromatic nitrogens is 3. The second-order valence-corrected chi connectivity index (χ2v) is 9.35. The van der Waals surface area contributed by atoms with E-state index in [9.17, 15) is 4.79 Å². The number of nitrogens with zero attached hydrogens (tertiary/aromatic N) is 3. The summed E-state index contributed by atoms with van der Waals surface area (Å²) in [4.78, 5) is 22.8. The number of carbonyl (C=O) groups is 1. The number of hydroxylamine groups is 1. The van der Waals surface area contributed by atoms with Crippen LogP contribution in [0, 0.1) is 5.92 Å². The molecule has 3 heterocycles. The Balaban J connectivity index is 1.46. The summed E-state index contributed by atoms with van der Waals surface area (Å²) in [7, 11) is 1.46. The third-order valence-corrected chi connectivity index (χ3v) is 7.35. The molecule has 2 aromatic rings. The Morgan fingerprint density at radius 3 is 2.75 bits per heavy atom. The quantitative estimate of drug-likeness (QED) is 0.676. The van der Waals surface area contributed by atoms with E-state index in [-0.39, 0.29) is 17.5 Å². The SMILES string of the molecule is CCn1ncc2c(NC3CCCCC3)c(C3=CC4(CCC(C(=O)OC)CC4)ON3)cnc21. The fourth-order valence-electron chi connectivity index (χ4n) is 5.44. The van der Waals surface area contributed by atoms with Gasteiger partial charge in [-0.15, -0.1) is 0 Å². The van der Waals surface area contributed by atoms with Crippen LogP contribution in [-0.4, -0.2) is 39.5 Å². The van der Waals surface area contributed by atoms with Crippen LogP contribution < -0.4 is 10.8 Å². The van der Waals surface area contributed by atoms with Gasteiger partial charge in [0.2, 0.25) is 0 Å². The molecule has 8 nitrogen and oxygen atoms in total. The lowest BCUT2D eigenvalue weighted by atomic mass is 9.78. The first-order chi connectivity index (χ1) is 15.6. The predicted molar refractivity (Wildman–Crippen MR) is 123 cm³/mol. The molecule has 0 bridgehead atoms. The molecule has 2 fully saturated rings. The average Bonchev–Trinajstić information content (AvgIpc) is 3.44. The zero-order valence-corrected chi connectivity index (χ0v) is 19.0. The molecule has 0 unspecified atom stereocenters. The number of anilines is 1. The number of carbonyl (C=O) groups excluding carboxylic acids is 1. The standard InChI is InChI=1S/C24H33N5O3/c1-3-29-22-19(15-26-29)21(27-17-7-5-4-6-8-17)18(14-25-22)20-13-24(32-28-20)11-9-16(10-12-24)23(30)31-2/h13-17,28H,3-12H2,1-2H3,(H,25,27). The molecule has 3 aliphatic rings. The molecule has 5 rings (SSSR count). The third-order valence-electron chi connectivity index (χ3n) is 7.35. The van der Waals surface area contributed by atoms with E-state index in [1.165, 1.54) is 39.2 Å². The topological polar surface area (TPSA) is 90.3 Å². The van der Waals surface area contributed by atoms with E-state index < -0.39 is 0 Å². The number of ether oxygens (including phenoxy) is 1. The minimum Gasteiger partial charge on any atom is -0.469 e. The number of rotatable bonds is 5. The maximum atomic E-state index is 11.9. The first-order valence-corrected chi connectivity index (χ1v) is 12.0. The second-order valence-electron chi connectivity index (χ2n) is 9.35. The molecule has 2 saturated carbocycles. The molecule has 2 aromatic heterocycles. The Morgan fingerprint density at radius 2 is 2.03 bits per heavy atom. The highest BCUT2D eigenvalue weighted by molar-refractivity contribution is 5.95. The minimum atomic E-state index is -0.384. The molecular weight excluding hydrogens is 406 g/mol. The smallest absolute Gasteiger partial charge is 0.308 e. The van der Waals surface area contributed by atoms with Crippen molar-refractivity contribution >= 4 is 28.4 Å². The zero-order chi connectivity index (χ0) is 22.1. The molecule has 0 amide bonds. The second kappa shape index (κ2) is 8.73. The van der Waals surface area contributed by atoms with Gasteiger partial charge < -0.3 is 10.1 Å². The first-order valence-electron chi connectivity index (χ1n) is 12.0. The van der Waals surface area contributed by atoms with Crippen LogP contribution in [0.3, 0.4) is 0 Å². The van der Waals surface area contributed by atoms with Crippen LogP contribution in [0.5, 0.6) is 0 Å². The summed E-state index contributed by atoms with van der Waals surface area (Å²) in [6, 6.07) is 0.463. The van der Waals surface area contributed by atoms with Crippen molar-refractivity contribution in [2.75, 3.05) is 12.4 Å². The molecule has 0 saturated heterocycles. The summed E-state index contributed by atoms with van der Waals surface area (Å²) >= 11 is 0. The number of hydrogen-bond donors (Lipinski definition) is 2. The number of fused-ring (bicyclic) bond motifs is 1. The minimum absolute atomic E-state index is 0.0342. The van der Waals surface area contributed by atoms with Crippen LogP contribution in [0.1, 0.15) is 70.3 Å². The summed E-state index contributed by atoms with van der Waals surface area (Å²) < 4.78 is 6.87. The fraction of sp³-hybridized carbons (Fsp3) is 0.625. The molecule has 0 aromatic carbocycles. The molecule has 0 radical (unpaired) electrons. The summed E-state index contributed by atoms with van der Waals surface area (Å²) in [5.74, 6) is -0.148. The molecule has 2 N–H and O–H groups in total. The number of nitrogens with one attached hydrogen (secondary N) is 2. The van der Waals surface area contributed by atoms with Crippen molar-refractivity contribution in [3.05, 3.63) is 24.0 Å². The predicted octanol–water partition coefficient (Wildman–Crippen LogP) is 4.17. The highest BCUT2D eigenvalue weighted by Gasteiger charge is 2.41. The van der Waals surface area contributed by atoms with Gasteiger partial charge in [-0.25, -0.2) is 9.67 Å². The van der Waals surface area contributed by atoms with Crippen molar-refractivity contribution in [1.82, 2.24) is 20.2 Å². The normalized spacial score (nSPS) is 26.2. The van der Waals surface area contributed by atoms with Crippen LogP contribution in [0.2, 0.25) is 0 Å². The molecule has 0 atom stereocenters. The summed E-state index contributed by atoms with van der Waals surface area (Å²) in [5, 5.41) is 9.44. The van der Waals surface area contributed by atoms with Crippen LogP contribution in [0.15, 0.2) is 18.5 Å². The highest BCUT2D eigenvalue weighted by atomic mass is 16.7. The Kier molecular flexibility index (Phi) is 5.80. The van der Waals surface area contributed by atoms with Crippen molar-refractivity contribution in [3.8, 4) is 0 Å². The van der Waals surface area contributed by atoms with Crippen LogP contribution in [0.4, 0.5) is 5.69 Å². The largest absolute Gasteiger partial charge is 0.469 e. The van der Waals surface area contributed by atoms with Gasteiger partial charge in [-0.05, 0) is 51.5 Å². The molecular formula is C24H33N5O3. The van der Waals surface area contributed by atoms with Crippen molar-refractivity contribution in [2.45, 2.75) is 82.9 Å². The number of aryl methyl sites for hydroxylation is 1. The van der Waals surface area contributed by atoms with Gasteiger partial charge in [0.25, 0.3) is 0 Å². The summed E-state index contributed by atoms with van der Waals surface area (Å²) in [6.45, 7) is 2.87. The van der Waals surface area contributed by atoms with Gasteiger partial charge in [0, 0.05) is 24.3 Å². The highest BCUT2D eigenvalue weighted by Crippen LogP contribution is 2.42. The van der Waals surface area contributed by atoms with Gasteiger partial charge in [0.05, 0.1) is 36.0 Å². The van der Waals surface area contributed by atoms with E-state index in [1.54, 1.807) is 0 Å². The molecule has 1 spiro atoms. The molecule has 1 aliphatic heterocycles. The first kappa shape index (κ1) is 21.2. The van der Waals surface area contributed by atoms with E-state index in [4.69, 9.17) is 14.6 Å². The van der Waals surface area contributed by atoms with Crippen molar-refractivity contribution in [1.29, 1.82) is 0 Å². The Bertz CT molecular complexity index is 1020. The Labute approximate surface area is 188 Å². The lowest BCUT2D eigenvalue weighted by Crippen LogP contribution is -2.36. The van der Waals surface area contributed by atoms with Gasteiger partial charge in [-0.2, -0.15) is 5.10 Å². The van der Waals surface area contributed by atoms with E-state index in [0.29, 0.717) is 6.04 Å². The summed E-state index contributed by atoms with van der Waals surface area (Å²) in [6.07, 6.45) is 15.4. The van der Waals surface area contributed by atoms with Gasteiger partial charge in [0.15, 0.2) is 5.65 Å². The third kappa shape index (κ3) is 3.85. The Hall–Kier alpha value is -2.61. The number of pyridine rings is 1. The van der Waals surface area contributed by atoms with Crippen LogP contribution in [-0.2, 0) is 20.9 Å². The van der Waals surface area contributed by atoms with E-state index in [2.05, 4.69) is 28.9 Å². The maximum Gasteiger partial charge on any atom is 0.308 e. The van der Waals surface area contributed by atoms with Gasteiger partial charge in [0.1, 0.15) is 5.60 Å². The Morgan fingerprint density at radius 1 is 1.25 bits per heavy atom. The molecule has 172 valence electrons. The monoisotopic (exact) mass is 439 g/mol.